The Kier molecular flexibility index (Phi) is 3.57. The second-order valence-corrected chi connectivity index (χ2v) is 4.95. The van der Waals surface area contributed by atoms with Gasteiger partial charge in [-0.05, 0) is 35.2 Å². The van der Waals surface area contributed by atoms with Crippen LogP contribution in [0.25, 0.3) is 0 Å². The van der Waals surface area contributed by atoms with Gasteiger partial charge >= 0.3 is 0 Å². The molecule has 0 saturated heterocycles. The van der Waals surface area contributed by atoms with E-state index in [0.29, 0.717) is 0 Å². The van der Waals surface area contributed by atoms with Crippen LogP contribution in [0, 0.1) is 12.8 Å². The summed E-state index contributed by atoms with van der Waals surface area (Å²) in [5, 5.41) is 3.34. The second kappa shape index (κ2) is 4.92. The van der Waals surface area contributed by atoms with Crippen LogP contribution in [0.3, 0.4) is 0 Å². The molecule has 2 rings (SSSR count). The third-order valence-electron chi connectivity index (χ3n) is 2.89. The molecular formula is C11H16BrN3. The zero-order valence-corrected chi connectivity index (χ0v) is 10.5. The SMILES string of the molecule is Cc1nc(Br)cc(NCCC2CCC2)n1. The first-order valence-corrected chi connectivity index (χ1v) is 6.28. The van der Waals surface area contributed by atoms with Crippen LogP contribution in [0.5, 0.6) is 0 Å². The lowest BCUT2D eigenvalue weighted by molar-refractivity contribution is 0.303. The average Bonchev–Trinajstić information content (AvgIpc) is 2.07. The van der Waals surface area contributed by atoms with E-state index in [9.17, 15) is 0 Å². The van der Waals surface area contributed by atoms with Crippen molar-refractivity contribution in [3.8, 4) is 0 Å². The maximum absolute atomic E-state index is 4.32. The normalized spacial score (nSPS) is 16.1. The van der Waals surface area contributed by atoms with Gasteiger partial charge in [0, 0.05) is 12.6 Å². The highest BCUT2D eigenvalue weighted by molar-refractivity contribution is 9.10. The van der Waals surface area contributed by atoms with Crippen LogP contribution in [0.2, 0.25) is 0 Å². The highest BCUT2D eigenvalue weighted by Crippen LogP contribution is 2.29. The van der Waals surface area contributed by atoms with E-state index in [1.165, 1.54) is 25.7 Å². The van der Waals surface area contributed by atoms with Crippen LogP contribution in [-0.4, -0.2) is 16.5 Å². The first kappa shape index (κ1) is 10.9. The minimum absolute atomic E-state index is 0.801. The van der Waals surface area contributed by atoms with Gasteiger partial charge in [0.05, 0.1) is 0 Å². The van der Waals surface area contributed by atoms with Gasteiger partial charge in [-0.25, -0.2) is 9.97 Å². The van der Waals surface area contributed by atoms with Gasteiger partial charge in [0.25, 0.3) is 0 Å². The van der Waals surface area contributed by atoms with E-state index in [2.05, 4.69) is 31.2 Å². The van der Waals surface area contributed by atoms with E-state index >= 15 is 0 Å². The summed E-state index contributed by atoms with van der Waals surface area (Å²) in [4.78, 5) is 8.49. The Morgan fingerprint density at radius 1 is 1.47 bits per heavy atom. The Hall–Kier alpha value is -0.640. The molecule has 0 amide bonds. The Balaban J connectivity index is 1.81. The summed E-state index contributed by atoms with van der Waals surface area (Å²) in [6.07, 6.45) is 5.51. The van der Waals surface area contributed by atoms with Crippen LogP contribution in [0.4, 0.5) is 5.82 Å². The number of halogens is 1. The summed E-state index contributed by atoms with van der Waals surface area (Å²) in [5.41, 5.74) is 0. The van der Waals surface area contributed by atoms with E-state index in [4.69, 9.17) is 0 Å². The molecule has 1 N–H and O–H groups in total. The molecule has 82 valence electrons. The van der Waals surface area contributed by atoms with Crippen molar-refractivity contribution in [3.63, 3.8) is 0 Å². The second-order valence-electron chi connectivity index (χ2n) is 4.14. The van der Waals surface area contributed by atoms with Crippen molar-refractivity contribution in [2.45, 2.75) is 32.6 Å². The molecule has 0 aromatic carbocycles. The molecule has 0 aliphatic heterocycles. The van der Waals surface area contributed by atoms with Crippen molar-refractivity contribution in [1.82, 2.24) is 9.97 Å². The summed E-state index contributed by atoms with van der Waals surface area (Å²) in [7, 11) is 0. The summed E-state index contributed by atoms with van der Waals surface area (Å²) in [6, 6.07) is 1.92. The van der Waals surface area contributed by atoms with E-state index in [0.717, 1.165) is 28.7 Å². The molecule has 1 saturated carbocycles. The smallest absolute Gasteiger partial charge is 0.130 e. The number of hydrogen-bond donors (Lipinski definition) is 1. The van der Waals surface area contributed by atoms with Crippen molar-refractivity contribution in [2.24, 2.45) is 5.92 Å². The van der Waals surface area contributed by atoms with Crippen LogP contribution >= 0.6 is 15.9 Å². The topological polar surface area (TPSA) is 37.8 Å². The van der Waals surface area contributed by atoms with Crippen molar-refractivity contribution in [3.05, 3.63) is 16.5 Å². The Morgan fingerprint density at radius 3 is 2.87 bits per heavy atom. The Morgan fingerprint density at radius 2 is 2.27 bits per heavy atom. The number of anilines is 1. The van der Waals surface area contributed by atoms with Crippen molar-refractivity contribution in [2.75, 3.05) is 11.9 Å². The van der Waals surface area contributed by atoms with Gasteiger partial charge in [0.1, 0.15) is 16.2 Å². The third-order valence-corrected chi connectivity index (χ3v) is 3.30. The molecule has 0 radical (unpaired) electrons. The number of aryl methyl sites for hydroxylation is 1. The van der Waals surface area contributed by atoms with E-state index < -0.39 is 0 Å². The molecular weight excluding hydrogens is 254 g/mol. The number of nitrogens with zero attached hydrogens (tertiary/aromatic N) is 2. The molecule has 0 unspecified atom stereocenters. The van der Waals surface area contributed by atoms with Gasteiger partial charge in [-0.1, -0.05) is 19.3 Å². The molecule has 1 fully saturated rings. The minimum Gasteiger partial charge on any atom is -0.370 e. The summed E-state index contributed by atoms with van der Waals surface area (Å²) >= 11 is 3.37. The first-order valence-electron chi connectivity index (χ1n) is 5.49. The van der Waals surface area contributed by atoms with E-state index in [-0.39, 0.29) is 0 Å². The lowest BCUT2D eigenvalue weighted by Crippen LogP contribution is -2.16. The van der Waals surface area contributed by atoms with E-state index in [1.807, 2.05) is 13.0 Å². The predicted molar refractivity (Wildman–Crippen MR) is 64.9 cm³/mol. The van der Waals surface area contributed by atoms with Crippen LogP contribution < -0.4 is 5.32 Å². The lowest BCUT2D eigenvalue weighted by Gasteiger charge is -2.25. The van der Waals surface area contributed by atoms with Gasteiger partial charge in [0.15, 0.2) is 0 Å². The third kappa shape index (κ3) is 3.16. The van der Waals surface area contributed by atoms with E-state index in [1.54, 1.807) is 0 Å². The fourth-order valence-corrected chi connectivity index (χ4v) is 2.28. The van der Waals surface area contributed by atoms with Gasteiger partial charge in [-0.3, -0.25) is 0 Å². The zero-order chi connectivity index (χ0) is 10.7. The highest BCUT2D eigenvalue weighted by atomic mass is 79.9. The van der Waals surface area contributed by atoms with Crippen molar-refractivity contribution < 1.29 is 0 Å². The molecule has 15 heavy (non-hydrogen) atoms. The fourth-order valence-electron chi connectivity index (χ4n) is 1.81. The number of hydrogen-bond acceptors (Lipinski definition) is 3. The monoisotopic (exact) mass is 269 g/mol. The van der Waals surface area contributed by atoms with Crippen LogP contribution in [0.1, 0.15) is 31.5 Å². The zero-order valence-electron chi connectivity index (χ0n) is 8.96. The summed E-state index contributed by atoms with van der Waals surface area (Å²) in [6.45, 7) is 2.93. The molecule has 1 heterocycles. The summed E-state index contributed by atoms with van der Waals surface area (Å²) in [5.74, 6) is 2.67. The molecule has 0 atom stereocenters. The van der Waals surface area contributed by atoms with Crippen molar-refractivity contribution >= 4 is 21.7 Å². The van der Waals surface area contributed by atoms with Crippen molar-refractivity contribution in [1.29, 1.82) is 0 Å². The minimum atomic E-state index is 0.801. The molecule has 4 heteroatoms. The molecule has 1 aromatic rings. The highest BCUT2D eigenvalue weighted by Gasteiger charge is 2.16. The Bertz CT molecular complexity index is 316. The quantitative estimate of drug-likeness (QED) is 0.854. The van der Waals surface area contributed by atoms with Gasteiger partial charge in [-0.2, -0.15) is 0 Å². The van der Waals surface area contributed by atoms with Gasteiger partial charge in [0.2, 0.25) is 0 Å². The molecule has 1 aliphatic carbocycles. The van der Waals surface area contributed by atoms with Gasteiger partial charge < -0.3 is 5.32 Å². The fraction of sp³-hybridized carbons (Fsp3) is 0.636. The van der Waals surface area contributed by atoms with Crippen LogP contribution in [0.15, 0.2) is 10.7 Å². The number of aromatic nitrogens is 2. The molecule has 3 nitrogen and oxygen atoms in total. The maximum Gasteiger partial charge on any atom is 0.130 e. The average molecular weight is 270 g/mol. The molecule has 1 aliphatic rings. The number of nitrogens with one attached hydrogen (secondary N) is 1. The molecule has 0 bridgehead atoms. The number of rotatable bonds is 4. The molecule has 1 aromatic heterocycles. The first-order chi connectivity index (χ1) is 7.24. The summed E-state index contributed by atoms with van der Waals surface area (Å²) < 4.78 is 0.848. The molecule has 0 spiro atoms. The van der Waals surface area contributed by atoms with Gasteiger partial charge in [-0.15, -0.1) is 0 Å². The largest absolute Gasteiger partial charge is 0.370 e. The predicted octanol–water partition coefficient (Wildman–Crippen LogP) is 3.15. The standard InChI is InChI=1S/C11H16BrN3/c1-8-14-10(12)7-11(15-8)13-6-5-9-3-2-4-9/h7,9H,2-6H2,1H3,(H,13,14,15). The Labute approximate surface area is 98.8 Å². The lowest BCUT2D eigenvalue weighted by atomic mass is 9.83. The van der Waals surface area contributed by atoms with Crippen LogP contribution in [-0.2, 0) is 0 Å². The maximum atomic E-state index is 4.32.